The minimum atomic E-state index is 0.411. The SMILES string of the molecule is CCCC(CS)(CCC)CSc1ccc(C(C)C)cc1. The highest BCUT2D eigenvalue weighted by atomic mass is 32.2. The number of hydrogen-bond acceptors (Lipinski definition) is 2. The second kappa shape index (κ2) is 9.04. The van der Waals surface area contributed by atoms with Crippen molar-refractivity contribution >= 4 is 24.4 Å². The van der Waals surface area contributed by atoms with Crippen LogP contribution in [0.4, 0.5) is 0 Å². The van der Waals surface area contributed by atoms with Crippen LogP contribution in [0, 0.1) is 5.41 Å². The van der Waals surface area contributed by atoms with Gasteiger partial charge in [0.25, 0.3) is 0 Å². The smallest absolute Gasteiger partial charge is 0.00723 e. The van der Waals surface area contributed by atoms with Crippen molar-refractivity contribution in [2.24, 2.45) is 5.41 Å². The first-order chi connectivity index (χ1) is 9.56. The summed E-state index contributed by atoms with van der Waals surface area (Å²) in [6.45, 7) is 9.07. The van der Waals surface area contributed by atoms with Crippen LogP contribution in [0.15, 0.2) is 29.2 Å². The van der Waals surface area contributed by atoms with E-state index in [1.165, 1.54) is 41.9 Å². The van der Waals surface area contributed by atoms with Crippen molar-refractivity contribution in [3.63, 3.8) is 0 Å². The van der Waals surface area contributed by atoms with Crippen molar-refractivity contribution in [1.82, 2.24) is 0 Å². The summed E-state index contributed by atoms with van der Waals surface area (Å²) in [6.07, 6.45) is 5.10. The number of rotatable bonds is 9. The molecule has 0 heterocycles. The van der Waals surface area contributed by atoms with Crippen LogP contribution in [0.25, 0.3) is 0 Å². The van der Waals surface area contributed by atoms with Gasteiger partial charge in [0.1, 0.15) is 0 Å². The van der Waals surface area contributed by atoms with Gasteiger partial charge in [0.2, 0.25) is 0 Å². The van der Waals surface area contributed by atoms with E-state index in [0.717, 1.165) is 5.75 Å². The summed E-state index contributed by atoms with van der Waals surface area (Å²) in [4.78, 5) is 1.40. The van der Waals surface area contributed by atoms with Gasteiger partial charge in [-0.1, -0.05) is 52.7 Å². The van der Waals surface area contributed by atoms with Gasteiger partial charge in [-0.05, 0) is 47.6 Å². The lowest BCUT2D eigenvalue weighted by Crippen LogP contribution is -2.25. The molecule has 0 atom stereocenters. The Bertz CT molecular complexity index is 362. The quantitative estimate of drug-likeness (QED) is 0.405. The maximum Gasteiger partial charge on any atom is 0.00723 e. The highest BCUT2D eigenvalue weighted by Crippen LogP contribution is 2.37. The molecule has 0 aliphatic carbocycles. The molecule has 0 nitrogen and oxygen atoms in total. The van der Waals surface area contributed by atoms with Crippen LogP contribution in [0.1, 0.15) is 64.9 Å². The summed E-state index contributed by atoms with van der Waals surface area (Å²) >= 11 is 6.65. The van der Waals surface area contributed by atoms with Crippen molar-refractivity contribution < 1.29 is 0 Å². The third kappa shape index (κ3) is 5.37. The Morgan fingerprint density at radius 2 is 1.60 bits per heavy atom. The fraction of sp³-hybridized carbons (Fsp3) is 0.667. The number of thioether (sulfide) groups is 1. The van der Waals surface area contributed by atoms with E-state index in [9.17, 15) is 0 Å². The molecule has 0 amide bonds. The molecule has 114 valence electrons. The Labute approximate surface area is 135 Å². The number of hydrogen-bond donors (Lipinski definition) is 1. The first-order valence-electron chi connectivity index (χ1n) is 7.90. The summed E-state index contributed by atoms with van der Waals surface area (Å²) in [5, 5.41) is 0. The molecule has 0 unspecified atom stereocenters. The molecule has 0 N–H and O–H groups in total. The number of thiol groups is 1. The molecule has 1 aromatic rings. The summed E-state index contributed by atoms with van der Waals surface area (Å²) in [6, 6.07) is 9.10. The van der Waals surface area contributed by atoms with E-state index in [4.69, 9.17) is 0 Å². The van der Waals surface area contributed by atoms with Gasteiger partial charge in [-0.3, -0.25) is 0 Å². The van der Waals surface area contributed by atoms with Crippen LogP contribution in [0.2, 0.25) is 0 Å². The fourth-order valence-corrected chi connectivity index (χ4v) is 4.49. The molecule has 0 spiro atoms. The predicted molar refractivity (Wildman–Crippen MR) is 97.4 cm³/mol. The fourth-order valence-electron chi connectivity index (χ4n) is 2.72. The third-order valence-electron chi connectivity index (χ3n) is 3.99. The zero-order valence-electron chi connectivity index (χ0n) is 13.5. The maximum atomic E-state index is 4.65. The third-order valence-corrected chi connectivity index (χ3v) is 6.02. The molecule has 2 heteroatoms. The zero-order valence-corrected chi connectivity index (χ0v) is 15.2. The number of benzene rings is 1. The largest absolute Gasteiger partial charge is 0.179 e. The molecular weight excluding hydrogens is 280 g/mol. The average Bonchev–Trinajstić information content (AvgIpc) is 2.45. The maximum absolute atomic E-state index is 4.65. The Morgan fingerprint density at radius 1 is 1.05 bits per heavy atom. The molecule has 0 saturated carbocycles. The average molecular weight is 311 g/mol. The summed E-state index contributed by atoms with van der Waals surface area (Å²) < 4.78 is 0. The predicted octanol–water partition coefficient (Wildman–Crippen LogP) is 6.42. The lowest BCUT2D eigenvalue weighted by atomic mass is 9.83. The second-order valence-electron chi connectivity index (χ2n) is 6.17. The minimum Gasteiger partial charge on any atom is -0.179 e. The normalized spacial score (nSPS) is 12.1. The monoisotopic (exact) mass is 310 g/mol. The van der Waals surface area contributed by atoms with Crippen LogP contribution in [-0.4, -0.2) is 11.5 Å². The van der Waals surface area contributed by atoms with Gasteiger partial charge in [0.15, 0.2) is 0 Å². The van der Waals surface area contributed by atoms with Crippen LogP contribution in [0.3, 0.4) is 0 Å². The van der Waals surface area contributed by atoms with Gasteiger partial charge < -0.3 is 0 Å². The van der Waals surface area contributed by atoms with Crippen LogP contribution in [0.5, 0.6) is 0 Å². The highest BCUT2D eigenvalue weighted by Gasteiger charge is 2.26. The molecule has 0 bridgehead atoms. The van der Waals surface area contributed by atoms with E-state index in [-0.39, 0.29) is 0 Å². The summed E-state index contributed by atoms with van der Waals surface area (Å²) in [5.74, 6) is 2.82. The van der Waals surface area contributed by atoms with Gasteiger partial charge in [-0.2, -0.15) is 12.6 Å². The van der Waals surface area contributed by atoms with E-state index < -0.39 is 0 Å². The molecule has 0 aliphatic heterocycles. The lowest BCUT2D eigenvalue weighted by Gasteiger charge is -2.31. The van der Waals surface area contributed by atoms with E-state index in [0.29, 0.717) is 11.3 Å². The van der Waals surface area contributed by atoms with Crippen LogP contribution < -0.4 is 0 Å². The second-order valence-corrected chi connectivity index (χ2v) is 7.54. The molecule has 1 aromatic carbocycles. The van der Waals surface area contributed by atoms with E-state index in [2.05, 4.69) is 64.6 Å². The molecule has 0 aliphatic rings. The first-order valence-corrected chi connectivity index (χ1v) is 9.52. The standard InChI is InChI=1S/C18H30S2/c1-5-11-18(13-19,12-6-2)14-20-17-9-7-16(8-10-17)15(3)4/h7-10,15,19H,5-6,11-14H2,1-4H3. The summed E-state index contributed by atoms with van der Waals surface area (Å²) in [5.41, 5.74) is 1.84. The van der Waals surface area contributed by atoms with Gasteiger partial charge in [0.05, 0.1) is 0 Å². The van der Waals surface area contributed by atoms with Crippen molar-refractivity contribution in [1.29, 1.82) is 0 Å². The zero-order chi connectivity index (χ0) is 15.0. The van der Waals surface area contributed by atoms with Gasteiger partial charge in [-0.25, -0.2) is 0 Å². The van der Waals surface area contributed by atoms with Gasteiger partial charge in [0, 0.05) is 10.6 Å². The minimum absolute atomic E-state index is 0.411. The molecular formula is C18H30S2. The molecule has 0 radical (unpaired) electrons. The van der Waals surface area contributed by atoms with Crippen molar-refractivity contribution in [2.45, 2.75) is 64.2 Å². The molecule has 0 aromatic heterocycles. The van der Waals surface area contributed by atoms with Crippen molar-refractivity contribution in [3.05, 3.63) is 29.8 Å². The highest BCUT2D eigenvalue weighted by molar-refractivity contribution is 7.99. The Kier molecular flexibility index (Phi) is 8.13. The van der Waals surface area contributed by atoms with Crippen molar-refractivity contribution in [2.75, 3.05) is 11.5 Å². The summed E-state index contributed by atoms with van der Waals surface area (Å²) in [7, 11) is 0. The van der Waals surface area contributed by atoms with Crippen LogP contribution in [-0.2, 0) is 0 Å². The molecule has 20 heavy (non-hydrogen) atoms. The van der Waals surface area contributed by atoms with Gasteiger partial charge >= 0.3 is 0 Å². The molecule has 0 saturated heterocycles. The topological polar surface area (TPSA) is 0 Å². The van der Waals surface area contributed by atoms with Crippen molar-refractivity contribution in [3.8, 4) is 0 Å². The van der Waals surface area contributed by atoms with E-state index in [1.807, 2.05) is 11.8 Å². The lowest BCUT2D eigenvalue weighted by molar-refractivity contribution is 0.318. The van der Waals surface area contributed by atoms with E-state index >= 15 is 0 Å². The molecule has 0 fully saturated rings. The Morgan fingerprint density at radius 3 is 2.00 bits per heavy atom. The molecule has 1 rings (SSSR count). The Hall–Kier alpha value is -0.0800. The first kappa shape index (κ1) is 18.0. The van der Waals surface area contributed by atoms with Crippen LogP contribution >= 0.6 is 24.4 Å². The Balaban J connectivity index is 2.66. The van der Waals surface area contributed by atoms with Gasteiger partial charge in [-0.15, -0.1) is 11.8 Å². The van der Waals surface area contributed by atoms with E-state index in [1.54, 1.807) is 0 Å².